The maximum absolute atomic E-state index is 12.7. The highest BCUT2D eigenvalue weighted by Crippen LogP contribution is 2.31. The molecule has 3 aromatic rings. The number of benzene rings is 2. The van der Waals surface area contributed by atoms with E-state index in [1.165, 1.54) is 23.9 Å². The minimum atomic E-state index is -4.43. The number of halogens is 3. The van der Waals surface area contributed by atoms with Crippen LogP contribution in [0.25, 0.3) is 10.9 Å². The monoisotopic (exact) mass is 350 g/mol. The van der Waals surface area contributed by atoms with Gasteiger partial charge in [0.15, 0.2) is 0 Å². The molecule has 0 aliphatic heterocycles. The molecule has 0 saturated heterocycles. The van der Waals surface area contributed by atoms with Crippen LogP contribution in [0.1, 0.15) is 5.56 Å². The number of hydrogen-bond acceptors (Lipinski definition) is 2. The summed E-state index contributed by atoms with van der Waals surface area (Å²) in [5.74, 6) is -0.248. The van der Waals surface area contributed by atoms with E-state index in [0.29, 0.717) is 0 Å². The molecule has 24 heavy (non-hydrogen) atoms. The number of alkyl halides is 3. The first-order chi connectivity index (χ1) is 11.4. The van der Waals surface area contributed by atoms with Crippen molar-refractivity contribution in [2.75, 3.05) is 11.1 Å². The van der Waals surface area contributed by atoms with Crippen molar-refractivity contribution in [3.63, 3.8) is 0 Å². The molecule has 0 unspecified atom stereocenters. The summed E-state index contributed by atoms with van der Waals surface area (Å²) < 4.78 is 38.0. The third kappa shape index (κ3) is 3.73. The minimum Gasteiger partial charge on any atom is -0.360 e. The Morgan fingerprint density at radius 2 is 1.92 bits per heavy atom. The molecular weight excluding hydrogens is 337 g/mol. The summed E-state index contributed by atoms with van der Waals surface area (Å²) in [4.78, 5) is 16.0. The van der Waals surface area contributed by atoms with Crippen LogP contribution in [0.15, 0.2) is 59.6 Å². The summed E-state index contributed by atoms with van der Waals surface area (Å²) in [7, 11) is 0. The number of para-hydroxylation sites is 1. The summed E-state index contributed by atoms with van der Waals surface area (Å²) in [6, 6.07) is 12.3. The van der Waals surface area contributed by atoms with E-state index in [0.717, 1.165) is 27.9 Å². The van der Waals surface area contributed by atoms with Gasteiger partial charge in [0.25, 0.3) is 0 Å². The fraction of sp³-hybridized carbons (Fsp3) is 0.118. The first-order valence-electron chi connectivity index (χ1n) is 7.09. The molecule has 0 aliphatic carbocycles. The Bertz CT molecular complexity index is 873. The van der Waals surface area contributed by atoms with Crippen molar-refractivity contribution < 1.29 is 18.0 Å². The SMILES string of the molecule is O=C(CSc1c[nH]c2ccccc12)Nc1cccc(C(F)(F)F)c1. The van der Waals surface area contributed by atoms with Crippen molar-refractivity contribution in [3.05, 3.63) is 60.3 Å². The Balaban J connectivity index is 1.64. The van der Waals surface area contributed by atoms with E-state index in [2.05, 4.69) is 10.3 Å². The van der Waals surface area contributed by atoms with Crippen LogP contribution in [0.2, 0.25) is 0 Å². The molecular formula is C17H13F3N2OS. The summed E-state index contributed by atoms with van der Waals surface area (Å²) in [5.41, 5.74) is 0.317. The molecule has 0 saturated carbocycles. The van der Waals surface area contributed by atoms with Crippen molar-refractivity contribution in [3.8, 4) is 0 Å². The Hall–Kier alpha value is -2.41. The standard InChI is InChI=1S/C17H13F3N2OS/c18-17(19,20)11-4-3-5-12(8-11)22-16(23)10-24-15-9-21-14-7-2-1-6-13(14)15/h1-9,21H,10H2,(H,22,23). The van der Waals surface area contributed by atoms with Crippen LogP contribution in [0, 0.1) is 0 Å². The fourth-order valence-electron chi connectivity index (χ4n) is 2.28. The molecule has 1 aromatic heterocycles. The lowest BCUT2D eigenvalue weighted by Gasteiger charge is -2.09. The number of nitrogens with one attached hydrogen (secondary N) is 2. The zero-order valence-corrected chi connectivity index (χ0v) is 13.2. The number of rotatable bonds is 4. The van der Waals surface area contributed by atoms with Crippen LogP contribution in [0.3, 0.4) is 0 Å². The molecule has 3 rings (SSSR count). The van der Waals surface area contributed by atoms with E-state index in [1.807, 2.05) is 30.5 Å². The molecule has 0 spiro atoms. The van der Waals surface area contributed by atoms with Gasteiger partial charge in [0.2, 0.25) is 5.91 Å². The van der Waals surface area contributed by atoms with E-state index in [9.17, 15) is 18.0 Å². The molecule has 3 nitrogen and oxygen atoms in total. The first-order valence-corrected chi connectivity index (χ1v) is 8.08. The maximum Gasteiger partial charge on any atom is 0.416 e. The topological polar surface area (TPSA) is 44.9 Å². The van der Waals surface area contributed by atoms with Gasteiger partial charge in [-0.05, 0) is 24.3 Å². The second kappa shape index (κ2) is 6.60. The fourth-order valence-corrected chi connectivity index (χ4v) is 3.11. The van der Waals surface area contributed by atoms with Gasteiger partial charge in [-0.1, -0.05) is 24.3 Å². The number of fused-ring (bicyclic) bond motifs is 1. The predicted molar refractivity (Wildman–Crippen MR) is 89.1 cm³/mol. The van der Waals surface area contributed by atoms with Crippen LogP contribution in [0.4, 0.5) is 18.9 Å². The minimum absolute atomic E-state index is 0.109. The van der Waals surface area contributed by atoms with E-state index in [4.69, 9.17) is 0 Å². The summed E-state index contributed by atoms with van der Waals surface area (Å²) in [6.07, 6.45) is -2.62. The second-order valence-electron chi connectivity index (χ2n) is 5.11. The molecule has 1 heterocycles. The largest absolute Gasteiger partial charge is 0.416 e. The van der Waals surface area contributed by atoms with Gasteiger partial charge in [-0.25, -0.2) is 0 Å². The number of aromatic amines is 1. The molecule has 1 amide bonds. The third-order valence-corrected chi connectivity index (χ3v) is 4.44. The Morgan fingerprint density at radius 3 is 2.71 bits per heavy atom. The van der Waals surface area contributed by atoms with Gasteiger partial charge in [-0.3, -0.25) is 4.79 Å². The number of hydrogen-bond donors (Lipinski definition) is 2. The molecule has 0 aliphatic rings. The number of amides is 1. The summed E-state index contributed by atoms with van der Waals surface area (Å²) >= 11 is 1.33. The summed E-state index contributed by atoms with van der Waals surface area (Å²) in [5, 5.41) is 3.50. The number of H-pyrrole nitrogens is 1. The molecule has 0 atom stereocenters. The van der Waals surface area contributed by atoms with Gasteiger partial charge in [0, 0.05) is 27.7 Å². The number of carbonyl (C=O) groups excluding carboxylic acids is 1. The zero-order chi connectivity index (χ0) is 17.2. The van der Waals surface area contributed by atoms with Crippen LogP contribution >= 0.6 is 11.8 Å². The number of thioether (sulfide) groups is 1. The average molecular weight is 350 g/mol. The third-order valence-electron chi connectivity index (χ3n) is 3.38. The van der Waals surface area contributed by atoms with Crippen molar-refractivity contribution in [1.29, 1.82) is 0 Å². The molecule has 2 N–H and O–H groups in total. The highest BCUT2D eigenvalue weighted by atomic mass is 32.2. The highest BCUT2D eigenvalue weighted by molar-refractivity contribution is 8.00. The van der Waals surface area contributed by atoms with Crippen LogP contribution in [0.5, 0.6) is 0 Å². The van der Waals surface area contributed by atoms with E-state index >= 15 is 0 Å². The van der Waals surface area contributed by atoms with Gasteiger partial charge in [0.1, 0.15) is 0 Å². The van der Waals surface area contributed by atoms with Crippen molar-refractivity contribution in [2.45, 2.75) is 11.1 Å². The molecule has 2 aromatic carbocycles. The zero-order valence-electron chi connectivity index (χ0n) is 12.4. The number of anilines is 1. The predicted octanol–water partition coefficient (Wildman–Crippen LogP) is 4.92. The Morgan fingerprint density at radius 1 is 1.12 bits per heavy atom. The highest BCUT2D eigenvalue weighted by Gasteiger charge is 2.30. The first kappa shape index (κ1) is 16.4. The average Bonchev–Trinajstić information content (AvgIpc) is 2.96. The second-order valence-corrected chi connectivity index (χ2v) is 6.13. The van der Waals surface area contributed by atoms with Crippen LogP contribution in [-0.4, -0.2) is 16.6 Å². The van der Waals surface area contributed by atoms with Crippen molar-refractivity contribution in [1.82, 2.24) is 4.98 Å². The summed E-state index contributed by atoms with van der Waals surface area (Å²) in [6.45, 7) is 0. The number of carbonyl (C=O) groups is 1. The Kier molecular flexibility index (Phi) is 4.53. The lowest BCUT2D eigenvalue weighted by atomic mass is 10.2. The van der Waals surface area contributed by atoms with Crippen molar-refractivity contribution >= 4 is 34.3 Å². The maximum atomic E-state index is 12.7. The Labute approximate surface area is 140 Å². The quantitative estimate of drug-likeness (QED) is 0.656. The van der Waals surface area contributed by atoms with E-state index < -0.39 is 11.7 Å². The lowest BCUT2D eigenvalue weighted by Crippen LogP contribution is -2.14. The van der Waals surface area contributed by atoms with E-state index in [1.54, 1.807) is 0 Å². The van der Waals surface area contributed by atoms with Gasteiger partial charge >= 0.3 is 6.18 Å². The van der Waals surface area contributed by atoms with Gasteiger partial charge in [-0.2, -0.15) is 13.2 Å². The van der Waals surface area contributed by atoms with E-state index in [-0.39, 0.29) is 17.3 Å². The van der Waals surface area contributed by atoms with Crippen LogP contribution in [-0.2, 0) is 11.0 Å². The molecule has 124 valence electrons. The van der Waals surface area contributed by atoms with Crippen molar-refractivity contribution in [2.24, 2.45) is 0 Å². The molecule has 7 heteroatoms. The van der Waals surface area contributed by atoms with Gasteiger partial charge < -0.3 is 10.3 Å². The smallest absolute Gasteiger partial charge is 0.360 e. The number of aromatic nitrogens is 1. The molecule has 0 radical (unpaired) electrons. The van der Waals surface area contributed by atoms with Crippen LogP contribution < -0.4 is 5.32 Å². The lowest BCUT2D eigenvalue weighted by molar-refractivity contribution is -0.137. The molecule has 0 bridgehead atoms. The van der Waals surface area contributed by atoms with Gasteiger partial charge in [-0.15, -0.1) is 11.8 Å². The van der Waals surface area contributed by atoms with Gasteiger partial charge in [0.05, 0.1) is 11.3 Å². The molecule has 0 fully saturated rings. The normalized spacial score (nSPS) is 11.6.